The number of nitrogens with one attached hydrogen (secondary N) is 2. The van der Waals surface area contributed by atoms with Crippen LogP contribution in [-0.4, -0.2) is 66.2 Å². The molecular weight excluding hydrogens is 280 g/mol. The van der Waals surface area contributed by atoms with Crippen LogP contribution >= 0.6 is 0 Å². The maximum Gasteiger partial charge on any atom is 0.322 e. The molecule has 2 heterocycles. The number of anilines is 1. The smallest absolute Gasteiger partial charge is 0.322 e. The summed E-state index contributed by atoms with van der Waals surface area (Å²) in [6.07, 6.45) is 2.40. The zero-order valence-corrected chi connectivity index (χ0v) is 12.8. The summed E-state index contributed by atoms with van der Waals surface area (Å²) >= 11 is 0. The molecule has 3 rings (SSSR count). The summed E-state index contributed by atoms with van der Waals surface area (Å²) in [5, 5.41) is 15.9. The number of carbonyl (C=O) groups is 1. The van der Waals surface area contributed by atoms with E-state index in [1.165, 1.54) is 12.8 Å². The van der Waals surface area contributed by atoms with Crippen LogP contribution in [0.2, 0.25) is 0 Å². The first kappa shape index (κ1) is 15.1. The highest BCUT2D eigenvalue weighted by Gasteiger charge is 2.27. The highest BCUT2D eigenvalue weighted by atomic mass is 16.3. The highest BCUT2D eigenvalue weighted by Crippen LogP contribution is 2.22. The van der Waals surface area contributed by atoms with Crippen molar-refractivity contribution in [2.75, 3.05) is 44.6 Å². The third-order valence-electron chi connectivity index (χ3n) is 4.57. The molecule has 2 aliphatic rings. The van der Waals surface area contributed by atoms with Gasteiger partial charge < -0.3 is 20.6 Å². The Balaban J connectivity index is 1.50. The van der Waals surface area contributed by atoms with Gasteiger partial charge in [-0.3, -0.25) is 4.90 Å². The fraction of sp³-hybridized carbons (Fsp3) is 0.562. The van der Waals surface area contributed by atoms with Crippen LogP contribution in [0.3, 0.4) is 0 Å². The van der Waals surface area contributed by atoms with E-state index < -0.39 is 0 Å². The van der Waals surface area contributed by atoms with Crippen LogP contribution in [0.1, 0.15) is 12.8 Å². The molecule has 0 unspecified atom stereocenters. The summed E-state index contributed by atoms with van der Waals surface area (Å²) in [5.41, 5.74) is 0.466. The topological polar surface area (TPSA) is 67.8 Å². The van der Waals surface area contributed by atoms with Gasteiger partial charge in [0, 0.05) is 32.2 Å². The Morgan fingerprint density at radius 3 is 2.50 bits per heavy atom. The second-order valence-electron chi connectivity index (χ2n) is 5.95. The molecule has 0 aromatic heterocycles. The minimum Gasteiger partial charge on any atom is -0.506 e. The van der Waals surface area contributed by atoms with Crippen LogP contribution in [0, 0.1) is 0 Å². The number of para-hydroxylation sites is 2. The summed E-state index contributed by atoms with van der Waals surface area (Å²) in [5.74, 6) is 0.101. The second kappa shape index (κ2) is 6.98. The van der Waals surface area contributed by atoms with Gasteiger partial charge in [0.25, 0.3) is 0 Å². The summed E-state index contributed by atoms with van der Waals surface area (Å²) < 4.78 is 0. The van der Waals surface area contributed by atoms with Crippen LogP contribution in [0.15, 0.2) is 24.3 Å². The van der Waals surface area contributed by atoms with E-state index in [9.17, 15) is 9.90 Å². The van der Waals surface area contributed by atoms with E-state index >= 15 is 0 Å². The van der Waals surface area contributed by atoms with Gasteiger partial charge in [0.15, 0.2) is 0 Å². The first-order valence-corrected chi connectivity index (χ1v) is 8.03. The van der Waals surface area contributed by atoms with Gasteiger partial charge in [-0.2, -0.15) is 0 Å². The molecule has 0 radical (unpaired) electrons. The average Bonchev–Trinajstić information content (AvgIpc) is 2.58. The van der Waals surface area contributed by atoms with E-state index in [0.717, 1.165) is 39.3 Å². The molecule has 120 valence electrons. The average molecular weight is 304 g/mol. The van der Waals surface area contributed by atoms with Crippen molar-refractivity contribution in [3.8, 4) is 5.75 Å². The number of urea groups is 1. The Morgan fingerprint density at radius 1 is 1.14 bits per heavy atom. The van der Waals surface area contributed by atoms with Crippen LogP contribution in [-0.2, 0) is 0 Å². The highest BCUT2D eigenvalue weighted by molar-refractivity contribution is 5.90. The molecule has 1 aromatic rings. The number of aromatic hydroxyl groups is 1. The van der Waals surface area contributed by atoms with E-state index in [1.54, 1.807) is 24.3 Å². The van der Waals surface area contributed by atoms with E-state index in [-0.39, 0.29) is 11.8 Å². The summed E-state index contributed by atoms with van der Waals surface area (Å²) in [7, 11) is 0. The SMILES string of the molecule is O=C(Nc1ccccc1O)N1CCN(C2CCNCC2)CC1. The first-order chi connectivity index (χ1) is 10.7. The number of carbonyl (C=O) groups excluding carboxylic acids is 1. The van der Waals surface area contributed by atoms with Gasteiger partial charge in [0.1, 0.15) is 5.75 Å². The van der Waals surface area contributed by atoms with Gasteiger partial charge >= 0.3 is 6.03 Å². The van der Waals surface area contributed by atoms with E-state index in [4.69, 9.17) is 0 Å². The van der Waals surface area contributed by atoms with Crippen molar-refractivity contribution in [1.82, 2.24) is 15.1 Å². The minimum absolute atomic E-state index is 0.101. The van der Waals surface area contributed by atoms with E-state index in [2.05, 4.69) is 15.5 Å². The van der Waals surface area contributed by atoms with Crippen molar-refractivity contribution in [3.63, 3.8) is 0 Å². The van der Waals surface area contributed by atoms with Gasteiger partial charge in [0.2, 0.25) is 0 Å². The molecule has 0 bridgehead atoms. The maximum atomic E-state index is 12.3. The molecular formula is C16H24N4O2. The van der Waals surface area contributed by atoms with E-state index in [0.29, 0.717) is 11.7 Å². The number of rotatable bonds is 2. The Morgan fingerprint density at radius 2 is 1.82 bits per heavy atom. The molecule has 6 heteroatoms. The zero-order valence-electron chi connectivity index (χ0n) is 12.8. The monoisotopic (exact) mass is 304 g/mol. The van der Waals surface area contributed by atoms with Crippen molar-refractivity contribution in [2.45, 2.75) is 18.9 Å². The number of benzene rings is 1. The van der Waals surface area contributed by atoms with Crippen LogP contribution in [0.5, 0.6) is 5.75 Å². The molecule has 0 atom stereocenters. The third-order valence-corrected chi connectivity index (χ3v) is 4.57. The largest absolute Gasteiger partial charge is 0.506 e. The molecule has 22 heavy (non-hydrogen) atoms. The number of nitrogens with zero attached hydrogens (tertiary/aromatic N) is 2. The number of hydrogen-bond acceptors (Lipinski definition) is 4. The van der Waals surface area contributed by atoms with Gasteiger partial charge in [-0.05, 0) is 38.1 Å². The molecule has 0 spiro atoms. The van der Waals surface area contributed by atoms with E-state index in [1.807, 2.05) is 4.90 Å². The summed E-state index contributed by atoms with van der Waals surface area (Å²) in [6.45, 7) is 5.53. The van der Waals surface area contributed by atoms with Crippen molar-refractivity contribution >= 4 is 11.7 Å². The lowest BCUT2D eigenvalue weighted by Crippen LogP contribution is -2.54. The molecule has 3 N–H and O–H groups in total. The quantitative estimate of drug-likeness (QED) is 0.720. The predicted octanol–water partition coefficient (Wildman–Crippen LogP) is 1.29. The maximum absolute atomic E-state index is 12.3. The normalized spacial score (nSPS) is 20.8. The van der Waals surface area contributed by atoms with Crippen molar-refractivity contribution in [1.29, 1.82) is 0 Å². The van der Waals surface area contributed by atoms with Gasteiger partial charge in [-0.1, -0.05) is 12.1 Å². The summed E-state index contributed by atoms with van der Waals surface area (Å²) in [4.78, 5) is 16.6. The Bertz CT molecular complexity index is 509. The Hall–Kier alpha value is -1.79. The fourth-order valence-corrected chi connectivity index (χ4v) is 3.24. The van der Waals surface area contributed by atoms with Gasteiger partial charge in [-0.15, -0.1) is 0 Å². The molecule has 0 saturated carbocycles. The van der Waals surface area contributed by atoms with Gasteiger partial charge in [0.05, 0.1) is 5.69 Å². The number of piperazine rings is 1. The first-order valence-electron chi connectivity index (χ1n) is 8.03. The number of phenolic OH excluding ortho intramolecular Hbond substituents is 1. The fourth-order valence-electron chi connectivity index (χ4n) is 3.24. The molecule has 2 saturated heterocycles. The van der Waals surface area contributed by atoms with Crippen molar-refractivity contribution in [2.24, 2.45) is 0 Å². The zero-order chi connectivity index (χ0) is 15.4. The molecule has 0 aliphatic carbocycles. The number of amides is 2. The number of phenols is 1. The lowest BCUT2D eigenvalue weighted by Gasteiger charge is -2.40. The van der Waals surface area contributed by atoms with Crippen LogP contribution < -0.4 is 10.6 Å². The number of piperidine rings is 1. The van der Waals surface area contributed by atoms with Crippen molar-refractivity contribution in [3.05, 3.63) is 24.3 Å². The second-order valence-corrected chi connectivity index (χ2v) is 5.95. The Labute approximate surface area is 131 Å². The summed E-state index contributed by atoms with van der Waals surface area (Å²) in [6, 6.07) is 7.34. The lowest BCUT2D eigenvalue weighted by molar-refractivity contribution is 0.0975. The molecule has 2 fully saturated rings. The third kappa shape index (κ3) is 3.51. The predicted molar refractivity (Wildman–Crippen MR) is 86.2 cm³/mol. The molecule has 6 nitrogen and oxygen atoms in total. The Kier molecular flexibility index (Phi) is 4.80. The molecule has 2 amide bonds. The molecule has 2 aliphatic heterocycles. The van der Waals surface area contributed by atoms with Crippen LogP contribution in [0.25, 0.3) is 0 Å². The van der Waals surface area contributed by atoms with Crippen molar-refractivity contribution < 1.29 is 9.90 Å². The number of hydrogen-bond donors (Lipinski definition) is 3. The lowest BCUT2D eigenvalue weighted by atomic mass is 10.0. The molecule has 1 aromatic carbocycles. The minimum atomic E-state index is -0.133. The van der Waals surface area contributed by atoms with Crippen LogP contribution in [0.4, 0.5) is 10.5 Å². The van der Waals surface area contributed by atoms with Gasteiger partial charge in [-0.25, -0.2) is 4.79 Å². The standard InChI is InChI=1S/C16H24N4O2/c21-15-4-2-1-3-14(15)18-16(22)20-11-9-19(10-12-20)13-5-7-17-8-6-13/h1-4,13,17,21H,5-12H2,(H,18,22).